The third kappa shape index (κ3) is 21.2. The topological polar surface area (TPSA) is 37.3 Å². The summed E-state index contributed by atoms with van der Waals surface area (Å²) in [6.45, 7) is 2.28. The van der Waals surface area contributed by atoms with Crippen molar-refractivity contribution in [2.75, 3.05) is 0 Å². The van der Waals surface area contributed by atoms with Crippen molar-refractivity contribution in [3.63, 3.8) is 0 Å². The molecule has 0 aromatic heterocycles. The number of carboxylic acids is 1. The monoisotopic (exact) mass is 324 g/mol. The van der Waals surface area contributed by atoms with E-state index in [1.807, 2.05) is 6.08 Å². The van der Waals surface area contributed by atoms with Gasteiger partial charge in [0.1, 0.15) is 0 Å². The average Bonchev–Trinajstić information content (AvgIpc) is 2.53. The SMILES string of the molecule is CCCCCCCCCCCCCCCCCC=CCC(=O)O. The van der Waals surface area contributed by atoms with Crippen molar-refractivity contribution in [3.8, 4) is 0 Å². The highest BCUT2D eigenvalue weighted by Gasteiger charge is 1.94. The zero-order valence-electron chi connectivity index (χ0n) is 15.5. The van der Waals surface area contributed by atoms with Crippen LogP contribution >= 0.6 is 0 Å². The highest BCUT2D eigenvalue weighted by Crippen LogP contribution is 2.13. The lowest BCUT2D eigenvalue weighted by Crippen LogP contribution is -1.89. The first kappa shape index (κ1) is 22.2. The van der Waals surface area contributed by atoms with Crippen molar-refractivity contribution in [2.45, 2.75) is 116 Å². The standard InChI is InChI=1S/C21H40O2/c1-2-3-4-5-6-7-8-9-10-11-12-13-14-15-16-17-18-19-20-21(22)23/h18-19H,2-17,20H2,1H3,(H,22,23). The Hall–Kier alpha value is -0.790. The smallest absolute Gasteiger partial charge is 0.307 e. The van der Waals surface area contributed by atoms with Gasteiger partial charge in [0.15, 0.2) is 0 Å². The van der Waals surface area contributed by atoms with Gasteiger partial charge in [-0.1, -0.05) is 109 Å². The number of aliphatic carboxylic acids is 1. The fourth-order valence-electron chi connectivity index (χ4n) is 2.94. The summed E-state index contributed by atoms with van der Waals surface area (Å²) in [5.74, 6) is -0.738. The largest absolute Gasteiger partial charge is 0.481 e. The van der Waals surface area contributed by atoms with Gasteiger partial charge in [-0.2, -0.15) is 0 Å². The van der Waals surface area contributed by atoms with Crippen LogP contribution in [0.5, 0.6) is 0 Å². The normalized spacial score (nSPS) is 11.3. The van der Waals surface area contributed by atoms with E-state index in [1.165, 1.54) is 96.3 Å². The van der Waals surface area contributed by atoms with Gasteiger partial charge in [0, 0.05) is 0 Å². The van der Waals surface area contributed by atoms with Crippen LogP contribution in [0.25, 0.3) is 0 Å². The van der Waals surface area contributed by atoms with Crippen LogP contribution in [0, 0.1) is 0 Å². The molecule has 23 heavy (non-hydrogen) atoms. The second-order valence-corrected chi connectivity index (χ2v) is 6.81. The van der Waals surface area contributed by atoms with Crippen molar-refractivity contribution < 1.29 is 9.90 Å². The Labute approximate surface area is 144 Å². The Morgan fingerprint density at radius 2 is 1.04 bits per heavy atom. The molecule has 0 fully saturated rings. The molecule has 136 valence electrons. The molecule has 0 bridgehead atoms. The number of allylic oxidation sites excluding steroid dienone is 1. The fraction of sp³-hybridized carbons (Fsp3) is 0.857. The predicted molar refractivity (Wildman–Crippen MR) is 101 cm³/mol. The van der Waals surface area contributed by atoms with Gasteiger partial charge in [0.25, 0.3) is 0 Å². The summed E-state index contributed by atoms with van der Waals surface area (Å²) in [5.41, 5.74) is 0. The predicted octanol–water partition coefficient (Wildman–Crippen LogP) is 7.28. The van der Waals surface area contributed by atoms with E-state index in [9.17, 15) is 4.79 Å². The Balaban J connectivity index is 3.02. The van der Waals surface area contributed by atoms with Gasteiger partial charge in [-0.3, -0.25) is 4.79 Å². The van der Waals surface area contributed by atoms with E-state index >= 15 is 0 Å². The van der Waals surface area contributed by atoms with E-state index in [2.05, 4.69) is 6.92 Å². The summed E-state index contributed by atoms with van der Waals surface area (Å²) in [7, 11) is 0. The van der Waals surface area contributed by atoms with Crippen LogP contribution in [-0.2, 0) is 4.79 Å². The lowest BCUT2D eigenvalue weighted by atomic mass is 10.0. The molecule has 0 heterocycles. The summed E-state index contributed by atoms with van der Waals surface area (Å²) in [6, 6.07) is 0. The van der Waals surface area contributed by atoms with Crippen molar-refractivity contribution in [1.82, 2.24) is 0 Å². The summed E-state index contributed by atoms with van der Waals surface area (Å²) >= 11 is 0. The summed E-state index contributed by atoms with van der Waals surface area (Å²) in [6.07, 6.45) is 25.8. The Bertz CT molecular complexity index is 271. The Morgan fingerprint density at radius 1 is 0.652 bits per heavy atom. The van der Waals surface area contributed by atoms with Gasteiger partial charge >= 0.3 is 5.97 Å². The molecule has 0 radical (unpaired) electrons. The molecule has 0 unspecified atom stereocenters. The van der Waals surface area contributed by atoms with E-state index in [0.717, 1.165) is 6.42 Å². The lowest BCUT2D eigenvalue weighted by molar-refractivity contribution is -0.136. The van der Waals surface area contributed by atoms with E-state index in [-0.39, 0.29) is 6.42 Å². The Kier molecular flexibility index (Phi) is 18.6. The number of carbonyl (C=O) groups is 1. The van der Waals surface area contributed by atoms with Crippen LogP contribution in [0.4, 0.5) is 0 Å². The van der Waals surface area contributed by atoms with Gasteiger partial charge in [-0.15, -0.1) is 0 Å². The zero-order valence-corrected chi connectivity index (χ0v) is 15.5. The maximum absolute atomic E-state index is 10.3. The van der Waals surface area contributed by atoms with Crippen molar-refractivity contribution in [3.05, 3.63) is 12.2 Å². The third-order valence-corrected chi connectivity index (χ3v) is 4.43. The molecular formula is C21H40O2. The highest BCUT2D eigenvalue weighted by atomic mass is 16.4. The molecule has 0 amide bonds. The molecule has 0 aromatic carbocycles. The van der Waals surface area contributed by atoms with Gasteiger partial charge in [-0.05, 0) is 12.8 Å². The van der Waals surface area contributed by atoms with E-state index < -0.39 is 5.97 Å². The molecule has 0 saturated carbocycles. The highest BCUT2D eigenvalue weighted by molar-refractivity contribution is 5.68. The quantitative estimate of drug-likeness (QED) is 0.212. The first-order valence-electron chi connectivity index (χ1n) is 10.1. The summed E-state index contributed by atoms with van der Waals surface area (Å²) < 4.78 is 0. The van der Waals surface area contributed by atoms with Crippen LogP contribution in [0.2, 0.25) is 0 Å². The lowest BCUT2D eigenvalue weighted by Gasteiger charge is -2.03. The zero-order chi connectivity index (χ0) is 17.0. The average molecular weight is 325 g/mol. The molecule has 2 heteroatoms. The van der Waals surface area contributed by atoms with Crippen LogP contribution < -0.4 is 0 Å². The second kappa shape index (κ2) is 19.3. The van der Waals surface area contributed by atoms with Gasteiger partial charge in [0.2, 0.25) is 0 Å². The van der Waals surface area contributed by atoms with Crippen molar-refractivity contribution in [1.29, 1.82) is 0 Å². The van der Waals surface area contributed by atoms with E-state index in [0.29, 0.717) is 0 Å². The van der Waals surface area contributed by atoms with Crippen molar-refractivity contribution in [2.24, 2.45) is 0 Å². The minimum Gasteiger partial charge on any atom is -0.481 e. The fourth-order valence-corrected chi connectivity index (χ4v) is 2.94. The molecule has 0 aliphatic carbocycles. The molecule has 0 aliphatic rings. The van der Waals surface area contributed by atoms with Crippen molar-refractivity contribution >= 4 is 5.97 Å². The number of carboxylic acid groups (broad SMARTS) is 1. The number of rotatable bonds is 18. The molecule has 0 rings (SSSR count). The van der Waals surface area contributed by atoms with Crippen LogP contribution in [0.15, 0.2) is 12.2 Å². The number of hydrogen-bond donors (Lipinski definition) is 1. The minimum absolute atomic E-state index is 0.165. The molecule has 1 N–H and O–H groups in total. The molecule has 0 aliphatic heterocycles. The Morgan fingerprint density at radius 3 is 1.43 bits per heavy atom. The van der Waals surface area contributed by atoms with Gasteiger partial charge in [-0.25, -0.2) is 0 Å². The van der Waals surface area contributed by atoms with E-state index in [1.54, 1.807) is 6.08 Å². The molecule has 0 saturated heterocycles. The third-order valence-electron chi connectivity index (χ3n) is 4.43. The van der Waals surface area contributed by atoms with Crippen LogP contribution in [0.1, 0.15) is 116 Å². The maximum atomic E-state index is 10.3. The molecule has 0 atom stereocenters. The first-order valence-corrected chi connectivity index (χ1v) is 10.1. The molecule has 0 aromatic rings. The van der Waals surface area contributed by atoms with Crippen LogP contribution in [-0.4, -0.2) is 11.1 Å². The van der Waals surface area contributed by atoms with E-state index in [4.69, 9.17) is 5.11 Å². The van der Waals surface area contributed by atoms with Gasteiger partial charge < -0.3 is 5.11 Å². The number of unbranched alkanes of at least 4 members (excludes halogenated alkanes) is 15. The maximum Gasteiger partial charge on any atom is 0.307 e. The first-order chi connectivity index (χ1) is 11.3. The molecule has 0 spiro atoms. The summed E-state index contributed by atoms with van der Waals surface area (Å²) in [4.78, 5) is 10.3. The summed E-state index contributed by atoms with van der Waals surface area (Å²) in [5, 5.41) is 8.50. The molecular weight excluding hydrogens is 284 g/mol. The second-order valence-electron chi connectivity index (χ2n) is 6.81. The van der Waals surface area contributed by atoms with Crippen LogP contribution in [0.3, 0.4) is 0 Å². The minimum atomic E-state index is -0.738. The number of hydrogen-bond acceptors (Lipinski definition) is 1. The van der Waals surface area contributed by atoms with Gasteiger partial charge in [0.05, 0.1) is 6.42 Å². The molecule has 2 nitrogen and oxygen atoms in total.